The van der Waals surface area contributed by atoms with Crippen LogP contribution in [0, 0.1) is 0 Å². The molecule has 15 heavy (non-hydrogen) atoms. The van der Waals surface area contributed by atoms with Gasteiger partial charge >= 0.3 is 98.7 Å². The average molecular weight is 279 g/mol. The van der Waals surface area contributed by atoms with E-state index in [2.05, 4.69) is 61.0 Å². The van der Waals surface area contributed by atoms with Gasteiger partial charge in [0.25, 0.3) is 0 Å². The Balaban J connectivity index is 2.44. The van der Waals surface area contributed by atoms with Crippen molar-refractivity contribution in [3.05, 3.63) is 41.3 Å². The maximum absolute atomic E-state index is 2.40. The number of hydrogen-bond acceptors (Lipinski definition) is 0. The van der Waals surface area contributed by atoms with Crippen LogP contribution in [0.2, 0.25) is 19.6 Å². The molecule has 0 N–H and O–H groups in total. The molecule has 0 spiro atoms. The Kier molecular flexibility index (Phi) is 3.01. The summed E-state index contributed by atoms with van der Waals surface area (Å²) in [4.78, 5) is 2.28. The second-order valence-corrected chi connectivity index (χ2v) is 11.9. The van der Waals surface area contributed by atoms with Gasteiger partial charge in [-0.2, -0.15) is 0 Å². The number of rotatable bonds is 2. The predicted molar refractivity (Wildman–Crippen MR) is 71.8 cm³/mol. The summed E-state index contributed by atoms with van der Waals surface area (Å²) in [5.74, 6) is 0. The molecule has 0 nitrogen and oxygen atoms in total. The molecule has 0 bridgehead atoms. The minimum absolute atomic E-state index is 0.554. The summed E-state index contributed by atoms with van der Waals surface area (Å²) in [7, 11) is -1.16. The average Bonchev–Trinajstić information content (AvgIpc) is 2.69. The molecule has 0 aliphatic carbocycles. The third-order valence-corrected chi connectivity index (χ3v) is 6.51. The van der Waals surface area contributed by atoms with E-state index in [1.807, 2.05) is 0 Å². The molecule has 2 rings (SSSR count). The van der Waals surface area contributed by atoms with Crippen LogP contribution in [-0.2, 0) is 0 Å². The normalized spacial score (nSPS) is 11.7. The Hall–Kier alpha value is -0.564. The van der Waals surface area contributed by atoms with Gasteiger partial charge in [0.2, 0.25) is 0 Å². The summed E-state index contributed by atoms with van der Waals surface area (Å²) in [5, 5.41) is 1.56. The van der Waals surface area contributed by atoms with Crippen molar-refractivity contribution in [3.63, 3.8) is 0 Å². The van der Waals surface area contributed by atoms with E-state index in [1.165, 1.54) is 10.0 Å². The molecule has 0 amide bonds. The van der Waals surface area contributed by atoms with E-state index >= 15 is 0 Å². The van der Waals surface area contributed by atoms with Crippen molar-refractivity contribution < 1.29 is 0 Å². The van der Waals surface area contributed by atoms with Gasteiger partial charge in [0.1, 0.15) is 0 Å². The van der Waals surface area contributed by atoms with Crippen LogP contribution in [0.15, 0.2) is 41.3 Å². The summed E-state index contributed by atoms with van der Waals surface area (Å²) in [5.41, 5.74) is 1.43. The number of benzene rings is 1. The van der Waals surface area contributed by atoms with Gasteiger partial charge in [0.05, 0.1) is 0 Å². The fraction of sp³-hybridized carbons (Fsp3) is 0.231. The Morgan fingerprint density at radius 2 is 1.80 bits per heavy atom. The molecule has 0 unspecified atom stereocenters. The summed E-state index contributed by atoms with van der Waals surface area (Å²) >= 11 is 0.554. The zero-order chi connectivity index (χ0) is 10.9. The first-order valence-corrected chi connectivity index (χ1v) is 10.6. The summed E-state index contributed by atoms with van der Waals surface area (Å²) in [6.45, 7) is 7.20. The fourth-order valence-electron chi connectivity index (χ4n) is 1.58. The fourth-order valence-corrected chi connectivity index (χ4v) is 4.29. The Morgan fingerprint density at radius 1 is 1.00 bits per heavy atom. The molecule has 78 valence electrons. The molecule has 0 aliphatic rings. The first-order valence-electron chi connectivity index (χ1n) is 5.22. The number of hydrogen-bond donors (Lipinski definition) is 0. The van der Waals surface area contributed by atoms with E-state index in [0.29, 0.717) is 14.5 Å². The first-order chi connectivity index (χ1) is 7.07. The van der Waals surface area contributed by atoms with Crippen molar-refractivity contribution in [2.24, 2.45) is 0 Å². The summed E-state index contributed by atoms with van der Waals surface area (Å²) in [6, 6.07) is 13.6. The van der Waals surface area contributed by atoms with Gasteiger partial charge in [-0.3, -0.25) is 0 Å². The van der Waals surface area contributed by atoms with Crippen LogP contribution in [0.5, 0.6) is 0 Å². The van der Waals surface area contributed by atoms with Gasteiger partial charge in [0.15, 0.2) is 0 Å². The minimum atomic E-state index is -1.16. The van der Waals surface area contributed by atoms with Gasteiger partial charge < -0.3 is 0 Å². The standard InChI is InChI=1S/C13H16SeSi/c1-15(2,3)12-7-4-6-11(10-12)13-8-5-9-14-13/h4-10H,1-3H3. The molecule has 1 aromatic carbocycles. The first kappa shape index (κ1) is 10.9. The van der Waals surface area contributed by atoms with E-state index in [9.17, 15) is 0 Å². The summed E-state index contributed by atoms with van der Waals surface area (Å²) < 4.78 is 1.52. The van der Waals surface area contributed by atoms with E-state index in [1.54, 1.807) is 5.19 Å². The third kappa shape index (κ3) is 2.51. The van der Waals surface area contributed by atoms with E-state index < -0.39 is 8.07 Å². The van der Waals surface area contributed by atoms with Crippen LogP contribution in [0.25, 0.3) is 10.0 Å². The van der Waals surface area contributed by atoms with Gasteiger partial charge in [-0.25, -0.2) is 0 Å². The molecule has 2 aromatic rings. The van der Waals surface area contributed by atoms with Crippen LogP contribution in [0.4, 0.5) is 0 Å². The molecular formula is C13H16SeSi. The maximum atomic E-state index is 2.40. The quantitative estimate of drug-likeness (QED) is 0.741. The van der Waals surface area contributed by atoms with Gasteiger partial charge in [0, 0.05) is 0 Å². The van der Waals surface area contributed by atoms with Crippen molar-refractivity contribution in [2.75, 3.05) is 0 Å². The third-order valence-electron chi connectivity index (χ3n) is 2.53. The van der Waals surface area contributed by atoms with E-state index in [0.717, 1.165) is 0 Å². The second kappa shape index (κ2) is 4.13. The molecular weight excluding hydrogens is 263 g/mol. The van der Waals surface area contributed by atoms with Crippen molar-refractivity contribution in [1.82, 2.24) is 0 Å². The second-order valence-electron chi connectivity index (χ2n) is 4.81. The molecule has 0 fully saturated rings. The van der Waals surface area contributed by atoms with Crippen LogP contribution < -0.4 is 5.19 Å². The van der Waals surface area contributed by atoms with Crippen LogP contribution in [-0.4, -0.2) is 22.6 Å². The van der Waals surface area contributed by atoms with Crippen LogP contribution in [0.3, 0.4) is 0 Å². The van der Waals surface area contributed by atoms with Gasteiger partial charge in [-0.05, 0) is 0 Å². The van der Waals surface area contributed by atoms with Crippen molar-refractivity contribution in [3.8, 4) is 10.0 Å². The zero-order valence-electron chi connectivity index (χ0n) is 9.45. The molecule has 0 saturated heterocycles. The van der Waals surface area contributed by atoms with Crippen LogP contribution >= 0.6 is 0 Å². The molecule has 0 radical (unpaired) electrons. The van der Waals surface area contributed by atoms with E-state index in [4.69, 9.17) is 0 Å². The molecule has 0 atom stereocenters. The molecule has 1 heterocycles. The zero-order valence-corrected chi connectivity index (χ0v) is 12.2. The molecule has 0 saturated carbocycles. The topological polar surface area (TPSA) is 0 Å². The Morgan fingerprint density at radius 3 is 2.40 bits per heavy atom. The monoisotopic (exact) mass is 280 g/mol. The van der Waals surface area contributed by atoms with Crippen molar-refractivity contribution in [1.29, 1.82) is 0 Å². The SMILES string of the molecule is C[Si](C)(C)c1cccc(-c2ccc[se]2)c1. The Bertz CT molecular complexity index is 438. The van der Waals surface area contributed by atoms with Gasteiger partial charge in [-0.1, -0.05) is 0 Å². The predicted octanol–water partition coefficient (Wildman–Crippen LogP) is 2.96. The molecule has 1 aromatic heterocycles. The molecule has 0 aliphatic heterocycles. The molecule has 2 heteroatoms. The van der Waals surface area contributed by atoms with Gasteiger partial charge in [-0.15, -0.1) is 0 Å². The van der Waals surface area contributed by atoms with Crippen molar-refractivity contribution >= 4 is 27.8 Å². The Labute approximate surface area is 98.7 Å². The van der Waals surface area contributed by atoms with Crippen LogP contribution in [0.1, 0.15) is 0 Å². The van der Waals surface area contributed by atoms with E-state index in [-0.39, 0.29) is 0 Å². The van der Waals surface area contributed by atoms with Crippen molar-refractivity contribution in [2.45, 2.75) is 19.6 Å². The summed E-state index contributed by atoms with van der Waals surface area (Å²) in [6.07, 6.45) is 0.